The number of aryl methyl sites for hydroxylation is 3. The summed E-state index contributed by atoms with van der Waals surface area (Å²) >= 11 is 1.75. The summed E-state index contributed by atoms with van der Waals surface area (Å²) in [5.74, 6) is 0.404. The van der Waals surface area contributed by atoms with E-state index in [0.29, 0.717) is 11.4 Å². The summed E-state index contributed by atoms with van der Waals surface area (Å²) in [6, 6.07) is 29.7. The maximum Gasteiger partial charge on any atom is 0.264 e. The van der Waals surface area contributed by atoms with Crippen molar-refractivity contribution in [2.45, 2.75) is 36.3 Å². The quantitative estimate of drug-likeness (QED) is 0.244. The number of anilines is 2. The summed E-state index contributed by atoms with van der Waals surface area (Å²) in [6.45, 7) is 5.48. The van der Waals surface area contributed by atoms with Crippen molar-refractivity contribution >= 4 is 39.1 Å². The third-order valence-corrected chi connectivity index (χ3v) is 8.98. The number of hydrogen-bond donors (Lipinski definition) is 1. The van der Waals surface area contributed by atoms with E-state index < -0.39 is 15.9 Å². The first-order valence-electron chi connectivity index (χ1n) is 12.0. The first-order chi connectivity index (χ1) is 17.7. The molecule has 1 N–H and O–H groups in total. The Hall–Kier alpha value is -3.55. The van der Waals surface area contributed by atoms with Gasteiger partial charge in [-0.2, -0.15) is 0 Å². The average Bonchev–Trinajstić information content (AvgIpc) is 2.90. The monoisotopic (exact) mass is 530 g/mol. The van der Waals surface area contributed by atoms with Crippen LogP contribution in [0.5, 0.6) is 0 Å². The fraction of sp³-hybridized carbons (Fsp3) is 0.167. The molecule has 0 bridgehead atoms. The van der Waals surface area contributed by atoms with Crippen LogP contribution >= 0.6 is 11.8 Å². The molecule has 0 aliphatic heterocycles. The van der Waals surface area contributed by atoms with E-state index in [1.165, 1.54) is 21.3 Å². The van der Waals surface area contributed by atoms with Gasteiger partial charge in [0.25, 0.3) is 10.0 Å². The SMILES string of the molecule is Cc1ccc(N(CC(=O)Nc2ccc(CSc3ccccc3)cc2C)S(=O)(=O)c2ccccc2)cc1C. The summed E-state index contributed by atoms with van der Waals surface area (Å²) < 4.78 is 28.3. The largest absolute Gasteiger partial charge is 0.324 e. The zero-order chi connectivity index (χ0) is 26.4. The number of benzene rings is 4. The molecular weight excluding hydrogens is 500 g/mol. The van der Waals surface area contributed by atoms with Gasteiger partial charge in [0, 0.05) is 16.3 Å². The number of thioether (sulfide) groups is 1. The minimum atomic E-state index is -3.95. The number of rotatable bonds is 9. The number of amides is 1. The van der Waals surface area contributed by atoms with Gasteiger partial charge in [-0.25, -0.2) is 8.42 Å². The summed E-state index contributed by atoms with van der Waals surface area (Å²) in [6.07, 6.45) is 0. The third-order valence-electron chi connectivity index (χ3n) is 6.11. The number of sulfonamides is 1. The van der Waals surface area contributed by atoms with Crippen LogP contribution in [-0.4, -0.2) is 20.9 Å². The topological polar surface area (TPSA) is 66.5 Å². The highest BCUT2D eigenvalue weighted by molar-refractivity contribution is 7.98. The van der Waals surface area contributed by atoms with Gasteiger partial charge in [0.1, 0.15) is 6.54 Å². The first-order valence-corrected chi connectivity index (χ1v) is 14.4. The summed E-state index contributed by atoms with van der Waals surface area (Å²) in [5.41, 5.74) is 5.18. The number of nitrogens with zero attached hydrogens (tertiary/aromatic N) is 1. The summed E-state index contributed by atoms with van der Waals surface area (Å²) in [4.78, 5) is 14.5. The molecule has 5 nitrogen and oxygen atoms in total. The van der Waals surface area contributed by atoms with Gasteiger partial charge < -0.3 is 5.32 Å². The highest BCUT2D eigenvalue weighted by Gasteiger charge is 2.27. The molecule has 4 rings (SSSR count). The molecule has 0 unspecified atom stereocenters. The molecule has 0 saturated carbocycles. The highest BCUT2D eigenvalue weighted by atomic mass is 32.2. The number of carbonyl (C=O) groups is 1. The van der Waals surface area contributed by atoms with Gasteiger partial charge in [-0.05, 0) is 85.5 Å². The molecule has 0 atom stereocenters. The van der Waals surface area contributed by atoms with E-state index in [4.69, 9.17) is 0 Å². The predicted octanol–water partition coefficient (Wildman–Crippen LogP) is 6.74. The fourth-order valence-corrected chi connectivity index (χ4v) is 6.17. The van der Waals surface area contributed by atoms with Crippen molar-refractivity contribution in [1.29, 1.82) is 0 Å². The van der Waals surface area contributed by atoms with Crippen molar-refractivity contribution < 1.29 is 13.2 Å². The molecule has 0 saturated heterocycles. The van der Waals surface area contributed by atoms with E-state index in [1.54, 1.807) is 42.1 Å². The highest BCUT2D eigenvalue weighted by Crippen LogP contribution is 2.27. The normalized spacial score (nSPS) is 11.2. The van der Waals surface area contributed by atoms with Gasteiger partial charge >= 0.3 is 0 Å². The van der Waals surface area contributed by atoms with Gasteiger partial charge in [-0.15, -0.1) is 11.8 Å². The second-order valence-corrected chi connectivity index (χ2v) is 11.8. The molecule has 37 heavy (non-hydrogen) atoms. The molecule has 4 aromatic rings. The second kappa shape index (κ2) is 11.7. The van der Waals surface area contributed by atoms with Crippen LogP contribution in [0.3, 0.4) is 0 Å². The molecule has 1 amide bonds. The first kappa shape index (κ1) is 26.5. The molecule has 0 aromatic heterocycles. The molecule has 0 aliphatic rings. The van der Waals surface area contributed by atoms with Crippen molar-refractivity contribution in [2.75, 3.05) is 16.2 Å². The maximum absolute atomic E-state index is 13.6. The van der Waals surface area contributed by atoms with Gasteiger partial charge in [0.15, 0.2) is 0 Å². The smallest absolute Gasteiger partial charge is 0.264 e. The number of carbonyl (C=O) groups excluding carboxylic acids is 1. The molecule has 4 aromatic carbocycles. The molecule has 0 radical (unpaired) electrons. The molecule has 190 valence electrons. The molecule has 0 heterocycles. The third kappa shape index (κ3) is 6.61. The molecular formula is C30H30N2O3S2. The van der Waals surface area contributed by atoms with Crippen LogP contribution in [0.1, 0.15) is 22.3 Å². The predicted molar refractivity (Wildman–Crippen MR) is 153 cm³/mol. The van der Waals surface area contributed by atoms with Crippen molar-refractivity contribution in [1.82, 2.24) is 0 Å². The van der Waals surface area contributed by atoms with Crippen molar-refractivity contribution in [3.63, 3.8) is 0 Å². The lowest BCUT2D eigenvalue weighted by atomic mass is 10.1. The van der Waals surface area contributed by atoms with E-state index >= 15 is 0 Å². The Morgan fingerprint density at radius 3 is 2.11 bits per heavy atom. The lowest BCUT2D eigenvalue weighted by Gasteiger charge is -2.25. The Labute approximate surface area is 223 Å². The Kier molecular flexibility index (Phi) is 8.36. The van der Waals surface area contributed by atoms with Crippen LogP contribution in [0, 0.1) is 20.8 Å². The van der Waals surface area contributed by atoms with E-state index in [0.717, 1.165) is 28.0 Å². The summed E-state index contributed by atoms with van der Waals surface area (Å²) in [7, 11) is -3.95. The molecule has 0 aliphatic carbocycles. The molecule has 0 fully saturated rings. The Morgan fingerprint density at radius 1 is 0.784 bits per heavy atom. The van der Waals surface area contributed by atoms with E-state index in [1.807, 2.05) is 63.2 Å². The lowest BCUT2D eigenvalue weighted by molar-refractivity contribution is -0.114. The van der Waals surface area contributed by atoms with Crippen LogP contribution in [0.2, 0.25) is 0 Å². The maximum atomic E-state index is 13.6. The number of nitrogens with one attached hydrogen (secondary N) is 1. The fourth-order valence-electron chi connectivity index (χ4n) is 3.87. The van der Waals surface area contributed by atoms with E-state index in [2.05, 4.69) is 17.4 Å². The number of hydrogen-bond acceptors (Lipinski definition) is 4. The Balaban J connectivity index is 1.53. The van der Waals surface area contributed by atoms with Crippen LogP contribution in [0.4, 0.5) is 11.4 Å². The van der Waals surface area contributed by atoms with Crippen molar-refractivity contribution in [2.24, 2.45) is 0 Å². The van der Waals surface area contributed by atoms with Crippen molar-refractivity contribution in [3.8, 4) is 0 Å². The Bertz CT molecular complexity index is 1490. The van der Waals surface area contributed by atoms with Gasteiger partial charge in [0.2, 0.25) is 5.91 Å². The van der Waals surface area contributed by atoms with Gasteiger partial charge in [0.05, 0.1) is 10.6 Å². The zero-order valence-corrected chi connectivity index (χ0v) is 22.8. The van der Waals surface area contributed by atoms with Crippen LogP contribution in [-0.2, 0) is 20.6 Å². The van der Waals surface area contributed by atoms with Gasteiger partial charge in [-0.1, -0.05) is 54.6 Å². The second-order valence-electron chi connectivity index (χ2n) is 8.89. The van der Waals surface area contributed by atoms with E-state index in [9.17, 15) is 13.2 Å². The standard InChI is InChI=1S/C30H30N2O3S2/c1-22-14-16-26(19-23(22)2)32(37(34,35)28-12-8-5-9-13-28)20-30(33)31-29-17-15-25(18-24(29)3)21-36-27-10-6-4-7-11-27/h4-19H,20-21H2,1-3H3,(H,31,33). The lowest BCUT2D eigenvalue weighted by Crippen LogP contribution is -2.38. The minimum absolute atomic E-state index is 0.137. The molecule has 7 heteroatoms. The van der Waals surface area contributed by atoms with E-state index in [-0.39, 0.29) is 11.4 Å². The van der Waals surface area contributed by atoms with Crippen LogP contribution in [0.25, 0.3) is 0 Å². The van der Waals surface area contributed by atoms with Crippen molar-refractivity contribution in [3.05, 3.63) is 119 Å². The van der Waals surface area contributed by atoms with Gasteiger partial charge in [-0.3, -0.25) is 9.10 Å². The van der Waals surface area contributed by atoms with Crippen LogP contribution < -0.4 is 9.62 Å². The average molecular weight is 531 g/mol. The summed E-state index contributed by atoms with van der Waals surface area (Å²) in [5, 5.41) is 2.91. The Morgan fingerprint density at radius 2 is 1.46 bits per heavy atom. The zero-order valence-electron chi connectivity index (χ0n) is 21.1. The molecule has 0 spiro atoms. The minimum Gasteiger partial charge on any atom is -0.324 e. The van der Waals surface area contributed by atoms with Crippen LogP contribution in [0.15, 0.2) is 107 Å².